The van der Waals surface area contributed by atoms with Crippen LogP contribution in [0.15, 0.2) is 112 Å². The second-order valence-electron chi connectivity index (χ2n) is 10.9. The fraction of sp³-hybridized carbons (Fsp3) is 0.303. The fourth-order valence-corrected chi connectivity index (χ4v) is 7.18. The molecule has 7 aliphatic rings. The Morgan fingerprint density at radius 1 is 1.08 bits per heavy atom. The largest absolute Gasteiger partial charge is 0.490 e. The van der Waals surface area contributed by atoms with E-state index in [1.165, 1.54) is 33.5 Å². The van der Waals surface area contributed by atoms with Crippen LogP contribution in [0.2, 0.25) is 0 Å². The van der Waals surface area contributed by atoms with Crippen LogP contribution in [0.5, 0.6) is 5.75 Å². The third-order valence-electron chi connectivity index (χ3n) is 8.80. The molecule has 38 heavy (non-hydrogen) atoms. The lowest BCUT2D eigenvalue weighted by Crippen LogP contribution is -2.47. The molecule has 1 spiro atoms. The molecule has 0 saturated carbocycles. The van der Waals surface area contributed by atoms with E-state index in [9.17, 15) is 0 Å². The van der Waals surface area contributed by atoms with Crippen molar-refractivity contribution in [1.29, 1.82) is 0 Å². The predicted octanol–water partition coefficient (Wildman–Crippen LogP) is 5.89. The van der Waals surface area contributed by atoms with Gasteiger partial charge in [-0.2, -0.15) is 0 Å². The van der Waals surface area contributed by atoms with E-state index in [0.29, 0.717) is 0 Å². The Kier molecular flexibility index (Phi) is 4.94. The van der Waals surface area contributed by atoms with Crippen molar-refractivity contribution < 1.29 is 9.47 Å². The molecule has 0 radical (unpaired) electrons. The van der Waals surface area contributed by atoms with Crippen molar-refractivity contribution in [2.45, 2.75) is 43.6 Å². The molecule has 5 heteroatoms. The van der Waals surface area contributed by atoms with Gasteiger partial charge < -0.3 is 20.1 Å². The SMILES string of the molecule is C1=CCC2OC3=C(C=CC(C4=NCC=CN4)C3)C3(C2=C1)C1=C(C=CCC1)Oc1cc(C2=CCCN2)ccc13. The average Bonchev–Trinajstić information content (AvgIpc) is 3.52. The first-order valence-corrected chi connectivity index (χ1v) is 13.9. The molecule has 1 aromatic rings. The highest BCUT2D eigenvalue weighted by molar-refractivity contribution is 5.88. The summed E-state index contributed by atoms with van der Waals surface area (Å²) < 4.78 is 13.6. The second kappa shape index (κ2) is 8.52. The molecule has 3 atom stereocenters. The van der Waals surface area contributed by atoms with Gasteiger partial charge >= 0.3 is 0 Å². The number of fused-ring (bicyclic) bond motifs is 6. The van der Waals surface area contributed by atoms with Gasteiger partial charge in [0, 0.05) is 47.7 Å². The highest BCUT2D eigenvalue weighted by Crippen LogP contribution is 2.61. The Labute approximate surface area is 223 Å². The van der Waals surface area contributed by atoms with Gasteiger partial charge in [0.15, 0.2) is 0 Å². The van der Waals surface area contributed by atoms with Crippen LogP contribution >= 0.6 is 0 Å². The van der Waals surface area contributed by atoms with E-state index < -0.39 is 5.41 Å². The summed E-state index contributed by atoms with van der Waals surface area (Å²) in [6, 6.07) is 6.82. The molecule has 190 valence electrons. The van der Waals surface area contributed by atoms with E-state index in [-0.39, 0.29) is 12.0 Å². The molecule has 3 unspecified atom stereocenters. The van der Waals surface area contributed by atoms with Gasteiger partial charge in [0.05, 0.1) is 12.0 Å². The number of ether oxygens (including phenoxy) is 2. The van der Waals surface area contributed by atoms with E-state index in [1.54, 1.807) is 0 Å². The predicted molar refractivity (Wildman–Crippen MR) is 150 cm³/mol. The van der Waals surface area contributed by atoms with Gasteiger partial charge in [-0.05, 0) is 54.8 Å². The van der Waals surface area contributed by atoms with E-state index in [1.807, 2.05) is 12.3 Å². The first-order valence-electron chi connectivity index (χ1n) is 13.9. The van der Waals surface area contributed by atoms with Crippen molar-refractivity contribution in [2.75, 3.05) is 13.1 Å². The Morgan fingerprint density at radius 3 is 2.97 bits per heavy atom. The molecule has 5 nitrogen and oxygen atoms in total. The van der Waals surface area contributed by atoms with E-state index in [2.05, 4.69) is 77.4 Å². The van der Waals surface area contributed by atoms with Gasteiger partial charge in [-0.3, -0.25) is 4.99 Å². The minimum absolute atomic E-state index is 0.0107. The molecule has 4 heterocycles. The Balaban J connectivity index is 1.35. The maximum Gasteiger partial charge on any atom is 0.132 e. The number of nitrogens with one attached hydrogen (secondary N) is 2. The summed E-state index contributed by atoms with van der Waals surface area (Å²) in [7, 11) is 0. The first-order chi connectivity index (χ1) is 18.8. The maximum absolute atomic E-state index is 6.85. The molecule has 3 aliphatic carbocycles. The second-order valence-corrected chi connectivity index (χ2v) is 10.9. The summed E-state index contributed by atoms with van der Waals surface area (Å²) in [5, 5.41) is 6.90. The number of nitrogens with zero attached hydrogens (tertiary/aromatic N) is 1. The highest BCUT2D eigenvalue weighted by atomic mass is 16.5. The minimum Gasteiger partial charge on any atom is -0.490 e. The van der Waals surface area contributed by atoms with Crippen LogP contribution in [-0.2, 0) is 10.2 Å². The van der Waals surface area contributed by atoms with Crippen molar-refractivity contribution in [1.82, 2.24) is 10.6 Å². The molecule has 2 N–H and O–H groups in total. The Bertz CT molecular complexity index is 1510. The molecule has 0 saturated heterocycles. The van der Waals surface area contributed by atoms with Crippen LogP contribution in [0.3, 0.4) is 0 Å². The minimum atomic E-state index is -0.393. The van der Waals surface area contributed by atoms with Crippen molar-refractivity contribution >= 4 is 11.5 Å². The lowest BCUT2D eigenvalue weighted by atomic mass is 9.56. The summed E-state index contributed by atoms with van der Waals surface area (Å²) >= 11 is 0. The molecule has 8 rings (SSSR count). The fourth-order valence-electron chi connectivity index (χ4n) is 7.18. The van der Waals surface area contributed by atoms with Crippen molar-refractivity contribution in [3.63, 3.8) is 0 Å². The number of rotatable bonds is 2. The van der Waals surface area contributed by atoms with Crippen molar-refractivity contribution in [3.05, 3.63) is 118 Å². The van der Waals surface area contributed by atoms with Gasteiger partial charge in [0.1, 0.15) is 29.2 Å². The number of hydrogen-bond acceptors (Lipinski definition) is 5. The van der Waals surface area contributed by atoms with Crippen molar-refractivity contribution in [3.8, 4) is 5.75 Å². The molecule has 0 amide bonds. The van der Waals surface area contributed by atoms with Gasteiger partial charge in [0.25, 0.3) is 0 Å². The summed E-state index contributed by atoms with van der Waals surface area (Å²) in [5.74, 6) is 4.24. The van der Waals surface area contributed by atoms with Crippen LogP contribution in [0.1, 0.15) is 43.2 Å². The average molecular weight is 502 g/mol. The Morgan fingerprint density at radius 2 is 2.08 bits per heavy atom. The summed E-state index contributed by atoms with van der Waals surface area (Å²) in [6.45, 7) is 1.72. The van der Waals surface area contributed by atoms with E-state index >= 15 is 0 Å². The number of allylic oxidation sites excluding steroid dienone is 8. The first kappa shape index (κ1) is 22.0. The number of hydrogen-bond donors (Lipinski definition) is 2. The molecular weight excluding hydrogens is 470 g/mol. The lowest BCUT2D eigenvalue weighted by Gasteiger charge is -2.51. The zero-order valence-corrected chi connectivity index (χ0v) is 21.4. The highest BCUT2D eigenvalue weighted by Gasteiger charge is 2.55. The van der Waals surface area contributed by atoms with Crippen LogP contribution in [-0.4, -0.2) is 25.0 Å². The molecule has 1 aromatic carbocycles. The molecule has 4 aliphatic heterocycles. The Hall–Kier alpha value is -3.99. The lowest BCUT2D eigenvalue weighted by molar-refractivity contribution is 0.105. The summed E-state index contributed by atoms with van der Waals surface area (Å²) in [6.07, 6.45) is 26.9. The number of benzene rings is 1. The normalized spacial score (nSPS) is 30.2. The third kappa shape index (κ3) is 3.14. The maximum atomic E-state index is 6.85. The van der Waals surface area contributed by atoms with Crippen LogP contribution < -0.4 is 15.4 Å². The topological polar surface area (TPSA) is 54.9 Å². The number of amidine groups is 1. The van der Waals surface area contributed by atoms with Gasteiger partial charge in [0.2, 0.25) is 0 Å². The van der Waals surface area contributed by atoms with E-state index in [4.69, 9.17) is 14.5 Å². The molecule has 0 bridgehead atoms. The molecule has 0 fully saturated rings. The zero-order chi connectivity index (χ0) is 25.1. The zero-order valence-electron chi connectivity index (χ0n) is 21.4. The van der Waals surface area contributed by atoms with Gasteiger partial charge in [-0.1, -0.05) is 54.7 Å². The summed E-state index contributed by atoms with van der Waals surface area (Å²) in [5.41, 5.74) is 7.17. The van der Waals surface area contributed by atoms with Crippen molar-refractivity contribution in [2.24, 2.45) is 10.9 Å². The smallest absolute Gasteiger partial charge is 0.132 e. The summed E-state index contributed by atoms with van der Waals surface area (Å²) in [4.78, 5) is 4.74. The van der Waals surface area contributed by atoms with Crippen LogP contribution in [0.4, 0.5) is 0 Å². The molecule has 0 aromatic heterocycles. The van der Waals surface area contributed by atoms with Crippen LogP contribution in [0, 0.1) is 5.92 Å². The third-order valence-corrected chi connectivity index (χ3v) is 8.80. The van der Waals surface area contributed by atoms with Gasteiger partial charge in [-0.15, -0.1) is 0 Å². The standard InChI is InChI=1S/C33H31N3O2/c1-3-10-28-23(7-1)33(25-14-12-21(19-30(25)37-28)27-9-5-16-34-27)24-8-2-4-11-29(24)38-31-20-22(13-15-26(31)33)32-35-17-6-18-36-32/h2-4,6,8-10,12-15,17,19,22,29,34H,1,5,7,11,16,18,20H2,(H,35,36). The monoisotopic (exact) mass is 501 g/mol. The number of aliphatic imine (C=N–C) groups is 1. The molecular formula is C33H31N3O2. The van der Waals surface area contributed by atoms with Gasteiger partial charge in [-0.25, -0.2) is 0 Å². The van der Waals surface area contributed by atoms with Crippen LogP contribution in [0.25, 0.3) is 5.70 Å². The van der Waals surface area contributed by atoms with E-state index in [0.717, 1.165) is 68.3 Å². The quantitative estimate of drug-likeness (QED) is 0.531.